The molecule has 1 aliphatic rings. The Morgan fingerprint density at radius 2 is 1.56 bits per heavy atom. The van der Waals surface area contributed by atoms with Crippen LogP contribution < -0.4 is 5.46 Å². The van der Waals surface area contributed by atoms with Crippen molar-refractivity contribution in [2.75, 3.05) is 7.05 Å². The van der Waals surface area contributed by atoms with Crippen LogP contribution in [0.1, 0.15) is 38.8 Å². The molecule has 0 bridgehead atoms. The molecule has 0 spiro atoms. The number of rotatable bonds is 5. The number of hydrogen-bond acceptors (Lipinski definition) is 3. The Labute approximate surface area is 166 Å². The van der Waals surface area contributed by atoms with Gasteiger partial charge in [-0.2, -0.15) is 0 Å². The van der Waals surface area contributed by atoms with E-state index in [2.05, 4.69) is 4.90 Å². The highest BCUT2D eigenvalue weighted by Gasteiger charge is 2.51. The van der Waals surface area contributed by atoms with Crippen LogP contribution in [0.2, 0.25) is 5.02 Å². The zero-order valence-corrected chi connectivity index (χ0v) is 17.3. The van der Waals surface area contributed by atoms with Gasteiger partial charge in [-0.1, -0.05) is 35.9 Å². The predicted molar refractivity (Wildman–Crippen MR) is 109 cm³/mol. The molecular formula is C21H26BClFNO2. The van der Waals surface area contributed by atoms with Crippen molar-refractivity contribution in [3.05, 3.63) is 64.4 Å². The molecule has 1 saturated heterocycles. The van der Waals surface area contributed by atoms with Gasteiger partial charge in [0.1, 0.15) is 5.82 Å². The molecule has 0 aliphatic carbocycles. The SMILES string of the molecule is CN(Cc1ccc(Cl)cc1)Cc1ccc(B2OC(C)(C)C(C)(C)O2)cc1F. The third kappa shape index (κ3) is 4.54. The lowest BCUT2D eigenvalue weighted by atomic mass is 9.78. The Kier molecular flexibility index (Phi) is 5.69. The summed E-state index contributed by atoms with van der Waals surface area (Å²) < 4.78 is 26.7. The highest BCUT2D eigenvalue weighted by Crippen LogP contribution is 2.36. The van der Waals surface area contributed by atoms with Crippen molar-refractivity contribution in [2.24, 2.45) is 0 Å². The fraction of sp³-hybridized carbons (Fsp3) is 0.429. The fourth-order valence-corrected chi connectivity index (χ4v) is 3.19. The molecule has 27 heavy (non-hydrogen) atoms. The van der Waals surface area contributed by atoms with E-state index in [0.29, 0.717) is 22.6 Å². The summed E-state index contributed by atoms with van der Waals surface area (Å²) in [5.74, 6) is -0.245. The third-order valence-corrected chi connectivity index (χ3v) is 5.66. The van der Waals surface area contributed by atoms with Crippen molar-refractivity contribution in [3.63, 3.8) is 0 Å². The van der Waals surface area contributed by atoms with Crippen molar-refractivity contribution < 1.29 is 13.7 Å². The zero-order chi connectivity index (χ0) is 19.8. The van der Waals surface area contributed by atoms with E-state index < -0.39 is 18.3 Å². The van der Waals surface area contributed by atoms with E-state index in [4.69, 9.17) is 20.9 Å². The molecule has 1 fully saturated rings. The summed E-state index contributed by atoms with van der Waals surface area (Å²) in [7, 11) is 1.42. The van der Waals surface area contributed by atoms with Gasteiger partial charge >= 0.3 is 7.12 Å². The standard InChI is InChI=1S/C21H26BClFNO2/c1-20(2)21(3,4)27-22(26-20)17-9-8-16(19(24)12-17)14-25(5)13-15-6-10-18(23)11-7-15/h6-12H,13-14H2,1-5H3. The third-order valence-electron chi connectivity index (χ3n) is 5.41. The molecule has 144 valence electrons. The number of hydrogen-bond donors (Lipinski definition) is 0. The molecule has 0 amide bonds. The first-order valence-electron chi connectivity index (χ1n) is 9.14. The van der Waals surface area contributed by atoms with Gasteiger partial charge in [0.05, 0.1) is 11.2 Å². The average Bonchev–Trinajstić information content (AvgIpc) is 2.79. The second-order valence-electron chi connectivity index (χ2n) is 8.24. The Hall–Kier alpha value is -1.40. The first kappa shape index (κ1) is 20.3. The van der Waals surface area contributed by atoms with E-state index >= 15 is 0 Å². The first-order valence-corrected chi connectivity index (χ1v) is 9.52. The van der Waals surface area contributed by atoms with Gasteiger partial charge < -0.3 is 9.31 Å². The maximum absolute atomic E-state index is 14.7. The quantitative estimate of drug-likeness (QED) is 0.707. The summed E-state index contributed by atoms with van der Waals surface area (Å²) in [5, 5.41) is 0.714. The summed E-state index contributed by atoms with van der Waals surface area (Å²) >= 11 is 5.92. The Morgan fingerprint density at radius 3 is 2.11 bits per heavy atom. The highest BCUT2D eigenvalue weighted by atomic mass is 35.5. The average molecular weight is 390 g/mol. The lowest BCUT2D eigenvalue weighted by Crippen LogP contribution is -2.41. The topological polar surface area (TPSA) is 21.7 Å². The molecule has 0 unspecified atom stereocenters. The molecule has 3 rings (SSSR count). The molecule has 0 atom stereocenters. The smallest absolute Gasteiger partial charge is 0.399 e. The second kappa shape index (κ2) is 7.55. The van der Waals surface area contributed by atoms with Crippen LogP contribution >= 0.6 is 11.6 Å². The zero-order valence-electron chi connectivity index (χ0n) is 16.6. The normalized spacial score (nSPS) is 18.3. The molecule has 2 aromatic rings. The predicted octanol–water partition coefficient (Wildman–Crippen LogP) is 4.41. The van der Waals surface area contributed by atoms with Crippen LogP contribution in [0.3, 0.4) is 0 Å². The number of benzene rings is 2. The summed E-state index contributed by atoms with van der Waals surface area (Å²) in [6, 6.07) is 12.9. The summed E-state index contributed by atoms with van der Waals surface area (Å²) in [5.41, 5.74) is 1.61. The molecule has 2 aromatic carbocycles. The minimum absolute atomic E-state index is 0.245. The molecule has 1 heterocycles. The Bertz CT molecular complexity index is 794. The van der Waals surface area contributed by atoms with Crippen molar-refractivity contribution >= 4 is 24.2 Å². The lowest BCUT2D eigenvalue weighted by molar-refractivity contribution is 0.00578. The maximum Gasteiger partial charge on any atom is 0.494 e. The minimum atomic E-state index is -0.551. The van der Waals surface area contributed by atoms with Gasteiger partial charge in [0, 0.05) is 23.7 Å². The summed E-state index contributed by atoms with van der Waals surface area (Å²) in [6.07, 6.45) is 0. The van der Waals surface area contributed by atoms with E-state index in [1.54, 1.807) is 0 Å². The molecule has 0 aromatic heterocycles. The second-order valence-corrected chi connectivity index (χ2v) is 8.67. The van der Waals surface area contributed by atoms with Crippen molar-refractivity contribution in [2.45, 2.75) is 52.0 Å². The molecule has 0 N–H and O–H groups in total. The van der Waals surface area contributed by atoms with Gasteiger partial charge in [0.25, 0.3) is 0 Å². The van der Waals surface area contributed by atoms with E-state index in [1.807, 2.05) is 71.1 Å². The van der Waals surface area contributed by atoms with Gasteiger partial charge in [-0.05, 0) is 64.0 Å². The molecule has 1 aliphatic heterocycles. The van der Waals surface area contributed by atoms with Crippen molar-refractivity contribution in [3.8, 4) is 0 Å². The van der Waals surface area contributed by atoms with Gasteiger partial charge in [0.2, 0.25) is 0 Å². The molecule has 0 radical (unpaired) electrons. The van der Waals surface area contributed by atoms with Crippen LogP contribution in [0.5, 0.6) is 0 Å². The molecular weight excluding hydrogens is 363 g/mol. The molecule has 0 saturated carbocycles. The number of nitrogens with zero attached hydrogens (tertiary/aromatic N) is 1. The highest BCUT2D eigenvalue weighted by molar-refractivity contribution is 6.62. The van der Waals surface area contributed by atoms with Crippen LogP contribution in [0, 0.1) is 5.82 Å². The number of halogens is 2. The lowest BCUT2D eigenvalue weighted by Gasteiger charge is -2.32. The van der Waals surface area contributed by atoms with E-state index in [9.17, 15) is 4.39 Å². The van der Waals surface area contributed by atoms with Crippen LogP contribution in [0.15, 0.2) is 42.5 Å². The van der Waals surface area contributed by atoms with Crippen LogP contribution in [0.25, 0.3) is 0 Å². The van der Waals surface area contributed by atoms with Crippen molar-refractivity contribution in [1.82, 2.24) is 4.90 Å². The van der Waals surface area contributed by atoms with Crippen molar-refractivity contribution in [1.29, 1.82) is 0 Å². The minimum Gasteiger partial charge on any atom is -0.399 e. The fourth-order valence-electron chi connectivity index (χ4n) is 3.07. The van der Waals surface area contributed by atoms with Gasteiger partial charge in [-0.15, -0.1) is 0 Å². The monoisotopic (exact) mass is 389 g/mol. The van der Waals surface area contributed by atoms with Gasteiger partial charge in [-0.3, -0.25) is 4.90 Å². The largest absolute Gasteiger partial charge is 0.494 e. The first-order chi connectivity index (χ1) is 12.6. The van der Waals surface area contributed by atoms with Gasteiger partial charge in [-0.25, -0.2) is 4.39 Å². The van der Waals surface area contributed by atoms with Crippen LogP contribution in [-0.2, 0) is 22.4 Å². The van der Waals surface area contributed by atoms with Crippen LogP contribution in [0.4, 0.5) is 4.39 Å². The summed E-state index contributed by atoms with van der Waals surface area (Å²) in [6.45, 7) is 9.19. The Morgan fingerprint density at radius 1 is 0.963 bits per heavy atom. The van der Waals surface area contributed by atoms with E-state index in [0.717, 1.165) is 12.1 Å². The van der Waals surface area contributed by atoms with E-state index in [-0.39, 0.29) is 5.82 Å². The van der Waals surface area contributed by atoms with Crippen LogP contribution in [-0.4, -0.2) is 30.3 Å². The van der Waals surface area contributed by atoms with E-state index in [1.165, 1.54) is 6.07 Å². The molecule has 3 nitrogen and oxygen atoms in total. The molecule has 6 heteroatoms. The maximum atomic E-state index is 14.7. The van der Waals surface area contributed by atoms with Gasteiger partial charge in [0.15, 0.2) is 0 Å². The Balaban J connectivity index is 1.67. The summed E-state index contributed by atoms with van der Waals surface area (Å²) in [4.78, 5) is 2.07.